The van der Waals surface area contributed by atoms with Crippen molar-refractivity contribution in [3.63, 3.8) is 0 Å². The van der Waals surface area contributed by atoms with Crippen LogP contribution in [0.2, 0.25) is 5.02 Å². The molecule has 0 bridgehead atoms. The maximum absolute atomic E-state index is 12.8. The van der Waals surface area contributed by atoms with Gasteiger partial charge in [-0.3, -0.25) is 0 Å². The van der Waals surface area contributed by atoms with Gasteiger partial charge < -0.3 is 5.32 Å². The van der Waals surface area contributed by atoms with Crippen LogP contribution in [0.25, 0.3) is 0 Å². The van der Waals surface area contributed by atoms with E-state index < -0.39 is 0 Å². The molecule has 0 heterocycles. The zero-order valence-electron chi connectivity index (χ0n) is 8.88. The zero-order valence-corrected chi connectivity index (χ0v) is 11.2. The predicted octanol–water partition coefficient (Wildman–Crippen LogP) is 4.85. The number of hydrogen-bond acceptors (Lipinski definition) is 1. The van der Waals surface area contributed by atoms with Gasteiger partial charge in [-0.1, -0.05) is 39.7 Å². The van der Waals surface area contributed by atoms with E-state index in [0.29, 0.717) is 11.6 Å². The first kappa shape index (κ1) is 12.4. The smallest absolute Gasteiger partial charge is 0.124 e. The van der Waals surface area contributed by atoms with Crippen molar-refractivity contribution < 1.29 is 4.39 Å². The Hall–Kier alpha value is -1.06. The van der Waals surface area contributed by atoms with Crippen LogP contribution >= 0.6 is 27.5 Å². The Bertz CT molecular complexity index is 531. The van der Waals surface area contributed by atoms with E-state index in [1.54, 1.807) is 6.07 Å². The summed E-state index contributed by atoms with van der Waals surface area (Å²) in [5.74, 6) is -0.331. The van der Waals surface area contributed by atoms with Gasteiger partial charge in [-0.2, -0.15) is 0 Å². The lowest BCUT2D eigenvalue weighted by atomic mass is 10.2. The molecule has 0 saturated carbocycles. The summed E-state index contributed by atoms with van der Waals surface area (Å²) in [6.07, 6.45) is 0. The quantitative estimate of drug-likeness (QED) is 0.853. The SMILES string of the molecule is Fc1ccc(NCc2cccc(Br)c2)c(Cl)c1. The van der Waals surface area contributed by atoms with E-state index in [-0.39, 0.29) is 5.82 Å². The molecular weight excluding hydrogens is 305 g/mol. The minimum Gasteiger partial charge on any atom is -0.380 e. The topological polar surface area (TPSA) is 12.0 Å². The van der Waals surface area contributed by atoms with Crippen LogP contribution in [0.15, 0.2) is 46.9 Å². The molecule has 0 aromatic heterocycles. The first-order valence-electron chi connectivity index (χ1n) is 5.08. The number of rotatable bonds is 3. The average molecular weight is 315 g/mol. The molecule has 0 unspecified atom stereocenters. The fraction of sp³-hybridized carbons (Fsp3) is 0.0769. The van der Waals surface area contributed by atoms with E-state index in [1.165, 1.54) is 12.1 Å². The first-order chi connectivity index (χ1) is 8.15. The Morgan fingerprint density at radius 3 is 2.71 bits per heavy atom. The van der Waals surface area contributed by atoms with E-state index in [9.17, 15) is 4.39 Å². The molecule has 0 atom stereocenters. The van der Waals surface area contributed by atoms with Crippen molar-refractivity contribution in [3.8, 4) is 0 Å². The van der Waals surface area contributed by atoms with Gasteiger partial charge in [0.2, 0.25) is 0 Å². The lowest BCUT2D eigenvalue weighted by Crippen LogP contribution is -2.00. The summed E-state index contributed by atoms with van der Waals surface area (Å²) in [4.78, 5) is 0. The standard InChI is InChI=1S/C13H10BrClFN/c14-10-3-1-2-9(6-10)8-17-13-5-4-11(16)7-12(13)15/h1-7,17H,8H2. The molecule has 2 aromatic carbocycles. The molecule has 0 fully saturated rings. The van der Waals surface area contributed by atoms with Gasteiger partial charge in [0.05, 0.1) is 10.7 Å². The highest BCUT2D eigenvalue weighted by Crippen LogP contribution is 2.23. The molecule has 2 rings (SSSR count). The largest absolute Gasteiger partial charge is 0.380 e. The van der Waals surface area contributed by atoms with Crippen molar-refractivity contribution in [1.29, 1.82) is 0 Å². The van der Waals surface area contributed by atoms with Crippen LogP contribution in [-0.2, 0) is 6.54 Å². The van der Waals surface area contributed by atoms with Crippen LogP contribution in [0.5, 0.6) is 0 Å². The second-order valence-corrected chi connectivity index (χ2v) is 4.93. The summed E-state index contributed by atoms with van der Waals surface area (Å²) in [7, 11) is 0. The second kappa shape index (κ2) is 5.52. The Morgan fingerprint density at radius 1 is 1.18 bits per heavy atom. The lowest BCUT2D eigenvalue weighted by Gasteiger charge is -2.08. The molecular formula is C13H10BrClFN. The minimum atomic E-state index is -0.331. The fourth-order valence-electron chi connectivity index (χ4n) is 1.48. The monoisotopic (exact) mass is 313 g/mol. The summed E-state index contributed by atoms with van der Waals surface area (Å²) in [6.45, 7) is 0.644. The van der Waals surface area contributed by atoms with Crippen molar-refractivity contribution in [1.82, 2.24) is 0 Å². The molecule has 0 aliphatic carbocycles. The van der Waals surface area contributed by atoms with Gasteiger partial charge >= 0.3 is 0 Å². The van der Waals surface area contributed by atoms with Gasteiger partial charge in [0.25, 0.3) is 0 Å². The Morgan fingerprint density at radius 2 is 2.00 bits per heavy atom. The van der Waals surface area contributed by atoms with Crippen LogP contribution in [0.1, 0.15) is 5.56 Å². The Kier molecular flexibility index (Phi) is 4.02. The van der Waals surface area contributed by atoms with Crippen LogP contribution in [0.4, 0.5) is 10.1 Å². The van der Waals surface area contributed by atoms with E-state index >= 15 is 0 Å². The number of halogens is 3. The molecule has 2 aromatic rings. The minimum absolute atomic E-state index is 0.331. The molecule has 4 heteroatoms. The molecule has 1 nitrogen and oxygen atoms in total. The van der Waals surface area contributed by atoms with Crippen molar-refractivity contribution in [2.45, 2.75) is 6.54 Å². The maximum Gasteiger partial charge on any atom is 0.124 e. The molecule has 0 aliphatic heterocycles. The van der Waals surface area contributed by atoms with E-state index in [4.69, 9.17) is 11.6 Å². The highest BCUT2D eigenvalue weighted by atomic mass is 79.9. The third kappa shape index (κ3) is 3.45. The van der Waals surface area contributed by atoms with E-state index in [0.717, 1.165) is 15.7 Å². The van der Waals surface area contributed by atoms with Gasteiger partial charge in [0, 0.05) is 11.0 Å². The summed E-state index contributed by atoms with van der Waals surface area (Å²) in [5, 5.41) is 3.55. The Labute approximate surface area is 113 Å². The zero-order chi connectivity index (χ0) is 12.3. The molecule has 17 heavy (non-hydrogen) atoms. The van der Waals surface area contributed by atoms with E-state index in [2.05, 4.69) is 21.2 Å². The van der Waals surface area contributed by atoms with E-state index in [1.807, 2.05) is 24.3 Å². The van der Waals surface area contributed by atoms with Gasteiger partial charge in [-0.05, 0) is 35.9 Å². The molecule has 0 aliphatic rings. The molecule has 0 spiro atoms. The predicted molar refractivity (Wildman–Crippen MR) is 72.9 cm³/mol. The van der Waals surface area contributed by atoms with Crippen molar-refractivity contribution >= 4 is 33.2 Å². The number of benzene rings is 2. The third-order valence-corrected chi connectivity index (χ3v) is 3.11. The van der Waals surface area contributed by atoms with Gasteiger partial charge in [0.1, 0.15) is 5.82 Å². The molecule has 1 N–H and O–H groups in total. The van der Waals surface area contributed by atoms with Crippen LogP contribution in [-0.4, -0.2) is 0 Å². The second-order valence-electron chi connectivity index (χ2n) is 3.61. The molecule has 0 saturated heterocycles. The number of hydrogen-bond donors (Lipinski definition) is 1. The van der Waals surface area contributed by atoms with Crippen LogP contribution in [0.3, 0.4) is 0 Å². The van der Waals surface area contributed by atoms with Gasteiger partial charge in [0.15, 0.2) is 0 Å². The normalized spacial score (nSPS) is 10.3. The van der Waals surface area contributed by atoms with Crippen molar-refractivity contribution in [3.05, 3.63) is 63.3 Å². The first-order valence-corrected chi connectivity index (χ1v) is 6.25. The fourth-order valence-corrected chi connectivity index (χ4v) is 2.16. The van der Waals surface area contributed by atoms with Crippen LogP contribution in [0, 0.1) is 5.82 Å². The summed E-state index contributed by atoms with van der Waals surface area (Å²) >= 11 is 9.32. The number of nitrogens with one attached hydrogen (secondary N) is 1. The van der Waals surface area contributed by atoms with Crippen LogP contribution < -0.4 is 5.32 Å². The van der Waals surface area contributed by atoms with Crippen molar-refractivity contribution in [2.24, 2.45) is 0 Å². The third-order valence-electron chi connectivity index (χ3n) is 2.30. The molecule has 0 amide bonds. The highest BCUT2D eigenvalue weighted by Gasteiger charge is 2.01. The van der Waals surface area contributed by atoms with Gasteiger partial charge in [-0.25, -0.2) is 4.39 Å². The number of anilines is 1. The van der Waals surface area contributed by atoms with Crippen molar-refractivity contribution in [2.75, 3.05) is 5.32 Å². The highest BCUT2D eigenvalue weighted by molar-refractivity contribution is 9.10. The maximum atomic E-state index is 12.8. The molecule has 88 valence electrons. The summed E-state index contributed by atoms with van der Waals surface area (Å²) < 4.78 is 13.9. The summed E-state index contributed by atoms with van der Waals surface area (Å²) in [6, 6.07) is 12.3. The average Bonchev–Trinajstić information content (AvgIpc) is 2.28. The Balaban J connectivity index is 2.07. The summed E-state index contributed by atoms with van der Waals surface area (Å²) in [5.41, 5.74) is 1.85. The molecule has 0 radical (unpaired) electrons. The van der Waals surface area contributed by atoms with Gasteiger partial charge in [-0.15, -0.1) is 0 Å². The lowest BCUT2D eigenvalue weighted by molar-refractivity contribution is 0.628.